The van der Waals surface area contributed by atoms with Crippen molar-refractivity contribution in [1.82, 2.24) is 29.5 Å². The molecule has 2 aliphatic rings. The van der Waals surface area contributed by atoms with Crippen LogP contribution in [-0.2, 0) is 18.4 Å². The number of piperidine rings is 1. The number of H-pyrrole nitrogens is 1. The van der Waals surface area contributed by atoms with Crippen LogP contribution >= 0.6 is 0 Å². The van der Waals surface area contributed by atoms with Crippen LogP contribution in [-0.4, -0.2) is 67.7 Å². The Morgan fingerprint density at radius 3 is 2.66 bits per heavy atom. The maximum Gasteiger partial charge on any atom is 0.277 e. The zero-order chi connectivity index (χ0) is 24.4. The van der Waals surface area contributed by atoms with Gasteiger partial charge in [0.05, 0.1) is 30.9 Å². The van der Waals surface area contributed by atoms with E-state index in [2.05, 4.69) is 26.0 Å². The van der Waals surface area contributed by atoms with E-state index in [4.69, 9.17) is 10.00 Å². The number of hydrogen-bond acceptors (Lipinski definition) is 7. The standard InChI is InChI=1S/C25H29N7O3/c1-30-24-21(13-27-30)28-22(29-25(24)34)15-32(14-18-2-3-18)23(33)16-31-10-8-20(9-11-31)35-19-6-4-17(12-26)5-7-19/h4-7,13,18,20H,2-3,8-11,14-16H2,1H3,(H,28,29,34). The van der Waals surface area contributed by atoms with Gasteiger partial charge in [-0.15, -0.1) is 0 Å². The SMILES string of the molecule is Cn1ncc2nc(CN(CC3CC3)C(=O)CN3CCC(Oc4ccc(C#N)cc4)CC3)[nH]c(=O)c21. The maximum absolute atomic E-state index is 13.3. The first-order chi connectivity index (χ1) is 17.0. The molecule has 1 saturated heterocycles. The Bertz CT molecular complexity index is 1300. The van der Waals surface area contributed by atoms with Gasteiger partial charge in [-0.3, -0.25) is 19.2 Å². The minimum atomic E-state index is -0.242. The van der Waals surface area contributed by atoms with Crippen LogP contribution in [0.5, 0.6) is 5.75 Å². The molecule has 0 radical (unpaired) electrons. The van der Waals surface area contributed by atoms with E-state index in [-0.39, 0.29) is 24.1 Å². The van der Waals surface area contributed by atoms with Crippen LogP contribution in [0.25, 0.3) is 11.0 Å². The number of carbonyl (C=O) groups is 1. The van der Waals surface area contributed by atoms with Gasteiger partial charge >= 0.3 is 0 Å². The molecule has 0 atom stereocenters. The molecule has 1 aromatic carbocycles. The molecule has 0 bridgehead atoms. The van der Waals surface area contributed by atoms with Crippen LogP contribution < -0.4 is 10.3 Å². The molecular formula is C25H29N7O3. The zero-order valence-electron chi connectivity index (χ0n) is 19.8. The second-order valence-electron chi connectivity index (χ2n) is 9.46. The Kier molecular flexibility index (Phi) is 6.51. The summed E-state index contributed by atoms with van der Waals surface area (Å²) in [5.74, 6) is 1.83. The highest BCUT2D eigenvalue weighted by Gasteiger charge is 2.29. The highest BCUT2D eigenvalue weighted by Crippen LogP contribution is 2.30. The molecular weight excluding hydrogens is 446 g/mol. The number of nitrogens with zero attached hydrogens (tertiary/aromatic N) is 6. The van der Waals surface area contributed by atoms with E-state index in [1.165, 1.54) is 4.68 Å². The number of rotatable bonds is 8. The van der Waals surface area contributed by atoms with Gasteiger partial charge in [0.2, 0.25) is 5.91 Å². The fourth-order valence-corrected chi connectivity index (χ4v) is 4.53. The van der Waals surface area contributed by atoms with Crippen LogP contribution in [0, 0.1) is 17.2 Å². The first kappa shape index (κ1) is 23.1. The molecule has 0 spiro atoms. The van der Waals surface area contributed by atoms with E-state index >= 15 is 0 Å². The van der Waals surface area contributed by atoms with Crippen molar-refractivity contribution in [3.8, 4) is 11.8 Å². The van der Waals surface area contributed by atoms with E-state index in [1.807, 2.05) is 17.0 Å². The molecule has 0 unspecified atom stereocenters. The summed E-state index contributed by atoms with van der Waals surface area (Å²) in [5, 5.41) is 13.0. The molecule has 35 heavy (non-hydrogen) atoms. The summed E-state index contributed by atoms with van der Waals surface area (Å²) in [5.41, 5.74) is 1.34. The van der Waals surface area contributed by atoms with E-state index in [0.717, 1.165) is 44.5 Å². The topological polar surface area (TPSA) is 120 Å². The summed E-state index contributed by atoms with van der Waals surface area (Å²) < 4.78 is 7.57. The Morgan fingerprint density at radius 1 is 1.23 bits per heavy atom. The normalized spacial score (nSPS) is 16.8. The molecule has 2 aromatic heterocycles. The fourth-order valence-electron chi connectivity index (χ4n) is 4.53. The third kappa shape index (κ3) is 5.52. The van der Waals surface area contributed by atoms with Crippen molar-refractivity contribution in [1.29, 1.82) is 5.26 Å². The van der Waals surface area contributed by atoms with Crippen LogP contribution in [0.4, 0.5) is 0 Å². The Labute approximate surface area is 203 Å². The molecule has 3 heterocycles. The number of ether oxygens (including phenoxy) is 1. The molecule has 182 valence electrons. The number of fused-ring (bicyclic) bond motifs is 1. The van der Waals surface area contributed by atoms with Crippen LogP contribution in [0.15, 0.2) is 35.3 Å². The summed E-state index contributed by atoms with van der Waals surface area (Å²) >= 11 is 0. The van der Waals surface area contributed by atoms with E-state index in [9.17, 15) is 9.59 Å². The van der Waals surface area contributed by atoms with Crippen LogP contribution in [0.3, 0.4) is 0 Å². The maximum atomic E-state index is 13.3. The largest absolute Gasteiger partial charge is 0.490 e. The second kappa shape index (κ2) is 9.88. The lowest BCUT2D eigenvalue weighted by Gasteiger charge is -2.33. The Morgan fingerprint density at radius 2 is 1.97 bits per heavy atom. The van der Waals surface area contributed by atoms with Gasteiger partial charge in [-0.25, -0.2) is 4.98 Å². The average molecular weight is 476 g/mol. The number of carbonyl (C=O) groups excluding carboxylic acids is 1. The fraction of sp³-hybridized carbons (Fsp3) is 0.480. The number of nitriles is 1. The monoisotopic (exact) mass is 475 g/mol. The summed E-state index contributed by atoms with van der Waals surface area (Å²) in [4.78, 5) is 37.1. The Balaban J connectivity index is 1.18. The summed E-state index contributed by atoms with van der Waals surface area (Å²) in [6, 6.07) is 9.27. The smallest absolute Gasteiger partial charge is 0.277 e. The van der Waals surface area contributed by atoms with Crippen molar-refractivity contribution in [2.24, 2.45) is 13.0 Å². The number of aromatic amines is 1. The van der Waals surface area contributed by atoms with Gasteiger partial charge in [0, 0.05) is 26.7 Å². The highest BCUT2D eigenvalue weighted by molar-refractivity contribution is 5.78. The molecule has 2 fully saturated rings. The molecule has 1 aliphatic heterocycles. The molecule has 3 aromatic rings. The van der Waals surface area contributed by atoms with E-state index < -0.39 is 0 Å². The molecule has 1 aliphatic carbocycles. The lowest BCUT2D eigenvalue weighted by atomic mass is 10.1. The van der Waals surface area contributed by atoms with Crippen molar-refractivity contribution in [2.75, 3.05) is 26.2 Å². The van der Waals surface area contributed by atoms with Crippen molar-refractivity contribution >= 4 is 16.9 Å². The van der Waals surface area contributed by atoms with Gasteiger partial charge in [0.25, 0.3) is 5.56 Å². The number of hydrogen-bond donors (Lipinski definition) is 1. The van der Waals surface area contributed by atoms with Crippen molar-refractivity contribution < 1.29 is 9.53 Å². The number of amides is 1. The minimum Gasteiger partial charge on any atom is -0.490 e. The lowest BCUT2D eigenvalue weighted by Crippen LogP contribution is -2.45. The molecule has 1 N–H and O–H groups in total. The van der Waals surface area contributed by atoms with Gasteiger partial charge < -0.3 is 14.6 Å². The predicted octanol–water partition coefficient (Wildman–Crippen LogP) is 1.81. The molecule has 1 amide bonds. The zero-order valence-corrected chi connectivity index (χ0v) is 19.8. The Hall–Kier alpha value is -3.71. The van der Waals surface area contributed by atoms with Gasteiger partial charge in [0.1, 0.15) is 23.2 Å². The number of benzene rings is 1. The van der Waals surface area contributed by atoms with Crippen molar-refractivity contribution in [3.63, 3.8) is 0 Å². The van der Waals surface area contributed by atoms with Gasteiger partial charge in [-0.2, -0.15) is 10.4 Å². The quantitative estimate of drug-likeness (QED) is 0.527. The van der Waals surface area contributed by atoms with Gasteiger partial charge in [-0.1, -0.05) is 0 Å². The third-order valence-corrected chi connectivity index (χ3v) is 6.70. The van der Waals surface area contributed by atoms with Crippen LogP contribution in [0.1, 0.15) is 37.1 Å². The third-order valence-electron chi connectivity index (χ3n) is 6.70. The highest BCUT2D eigenvalue weighted by atomic mass is 16.5. The average Bonchev–Trinajstić information content (AvgIpc) is 3.60. The van der Waals surface area contributed by atoms with Crippen molar-refractivity contribution in [2.45, 2.75) is 38.3 Å². The lowest BCUT2D eigenvalue weighted by molar-refractivity contribution is -0.134. The van der Waals surface area contributed by atoms with Gasteiger partial charge in [-0.05, 0) is 55.9 Å². The number of aromatic nitrogens is 4. The predicted molar refractivity (Wildman–Crippen MR) is 129 cm³/mol. The van der Waals surface area contributed by atoms with Gasteiger partial charge in [0.15, 0.2) is 5.52 Å². The molecule has 1 saturated carbocycles. The first-order valence-corrected chi connectivity index (χ1v) is 12.1. The van der Waals surface area contributed by atoms with E-state index in [1.54, 1.807) is 25.4 Å². The molecule has 10 nitrogen and oxygen atoms in total. The summed E-state index contributed by atoms with van der Waals surface area (Å²) in [6.07, 6.45) is 5.61. The molecule has 10 heteroatoms. The van der Waals surface area contributed by atoms with E-state index in [0.29, 0.717) is 41.4 Å². The minimum absolute atomic E-state index is 0.0530. The first-order valence-electron chi connectivity index (χ1n) is 12.1. The van der Waals surface area contributed by atoms with Crippen LogP contribution in [0.2, 0.25) is 0 Å². The number of nitrogens with one attached hydrogen (secondary N) is 1. The summed E-state index contributed by atoms with van der Waals surface area (Å²) in [7, 11) is 1.71. The van der Waals surface area contributed by atoms with Crippen molar-refractivity contribution in [3.05, 3.63) is 52.2 Å². The molecule has 5 rings (SSSR count). The number of likely N-dealkylation sites (tertiary alicyclic amines) is 1. The second-order valence-corrected chi connectivity index (χ2v) is 9.46. The summed E-state index contributed by atoms with van der Waals surface area (Å²) in [6.45, 7) is 2.87. The number of aryl methyl sites for hydroxylation is 1.